The van der Waals surface area contributed by atoms with Crippen LogP contribution in [-0.2, 0) is 4.79 Å². The average Bonchev–Trinajstić information content (AvgIpc) is 2.64. The van der Waals surface area contributed by atoms with E-state index < -0.39 is 0 Å². The van der Waals surface area contributed by atoms with Gasteiger partial charge in [0.25, 0.3) is 0 Å². The maximum Gasteiger partial charge on any atom is 0.233 e. The number of aromatic nitrogens is 1. The number of hydrogen-bond acceptors (Lipinski definition) is 5. The largest absolute Gasteiger partial charge is 0.486 e. The van der Waals surface area contributed by atoms with Crippen LogP contribution < -0.4 is 9.47 Å². The molecule has 144 valence electrons. The molecule has 2 aliphatic heterocycles. The van der Waals surface area contributed by atoms with Gasteiger partial charge in [0, 0.05) is 23.5 Å². The lowest BCUT2D eigenvalue weighted by atomic mass is 9.98. The van der Waals surface area contributed by atoms with Crippen molar-refractivity contribution < 1.29 is 14.3 Å². The molecular weight excluding hydrogens is 360 g/mol. The van der Waals surface area contributed by atoms with Crippen molar-refractivity contribution in [1.82, 2.24) is 9.88 Å². The zero-order valence-corrected chi connectivity index (χ0v) is 17.0. The first-order valence-electron chi connectivity index (χ1n) is 9.68. The molecule has 1 aromatic carbocycles. The Morgan fingerprint density at radius 1 is 1.15 bits per heavy atom. The molecule has 0 radical (unpaired) electrons. The van der Waals surface area contributed by atoms with Gasteiger partial charge in [0.05, 0.1) is 11.3 Å². The summed E-state index contributed by atoms with van der Waals surface area (Å²) in [6.07, 6.45) is 3.41. The second-order valence-corrected chi connectivity index (χ2v) is 8.48. The summed E-state index contributed by atoms with van der Waals surface area (Å²) in [6, 6.07) is 6.69. The molecule has 0 aliphatic carbocycles. The molecule has 4 rings (SSSR count). The monoisotopic (exact) mass is 386 g/mol. The van der Waals surface area contributed by atoms with Crippen molar-refractivity contribution >= 4 is 28.6 Å². The van der Waals surface area contributed by atoms with Crippen molar-refractivity contribution in [3.8, 4) is 11.5 Å². The molecule has 2 unspecified atom stereocenters. The van der Waals surface area contributed by atoms with Gasteiger partial charge in [0.1, 0.15) is 18.2 Å². The number of piperidine rings is 1. The number of aryl methyl sites for hydroxylation is 1. The molecule has 1 fully saturated rings. The second-order valence-electron chi connectivity index (χ2n) is 7.52. The van der Waals surface area contributed by atoms with Crippen molar-refractivity contribution in [2.24, 2.45) is 0 Å². The van der Waals surface area contributed by atoms with E-state index in [-0.39, 0.29) is 5.91 Å². The van der Waals surface area contributed by atoms with Gasteiger partial charge in [0.2, 0.25) is 5.91 Å². The molecule has 0 N–H and O–H groups in total. The summed E-state index contributed by atoms with van der Waals surface area (Å²) in [6.45, 7) is 7.50. The van der Waals surface area contributed by atoms with Gasteiger partial charge in [-0.25, -0.2) is 4.98 Å². The predicted octanol–water partition coefficient (Wildman–Crippen LogP) is 4.20. The molecule has 1 amide bonds. The van der Waals surface area contributed by atoms with Crippen LogP contribution in [0.3, 0.4) is 0 Å². The molecule has 2 aromatic rings. The third-order valence-corrected chi connectivity index (χ3v) is 6.51. The van der Waals surface area contributed by atoms with Crippen molar-refractivity contribution in [1.29, 1.82) is 0 Å². The third-order valence-electron chi connectivity index (χ3n) is 5.44. The molecule has 3 heterocycles. The van der Waals surface area contributed by atoms with Gasteiger partial charge in [-0.2, -0.15) is 0 Å². The van der Waals surface area contributed by atoms with Gasteiger partial charge in [-0.05, 0) is 57.7 Å². The van der Waals surface area contributed by atoms with Crippen LogP contribution in [0.25, 0.3) is 10.9 Å². The Hall–Kier alpha value is -1.95. The number of ether oxygens (including phenoxy) is 2. The minimum atomic E-state index is 0.211. The fourth-order valence-electron chi connectivity index (χ4n) is 4.06. The summed E-state index contributed by atoms with van der Waals surface area (Å²) >= 11 is 1.53. The van der Waals surface area contributed by atoms with Gasteiger partial charge in [0.15, 0.2) is 11.5 Å². The molecule has 0 saturated carbocycles. The fraction of sp³-hybridized carbons (Fsp3) is 0.524. The smallest absolute Gasteiger partial charge is 0.233 e. The van der Waals surface area contributed by atoms with E-state index in [1.807, 2.05) is 19.1 Å². The highest BCUT2D eigenvalue weighted by Gasteiger charge is 2.28. The Bertz CT molecular complexity index is 860. The van der Waals surface area contributed by atoms with E-state index in [4.69, 9.17) is 14.5 Å². The molecule has 5 nitrogen and oxygen atoms in total. The molecular formula is C21H26N2O3S. The van der Waals surface area contributed by atoms with E-state index in [9.17, 15) is 4.79 Å². The normalized spacial score (nSPS) is 22.1. The first-order valence-corrected chi connectivity index (χ1v) is 10.7. The van der Waals surface area contributed by atoms with E-state index in [1.165, 1.54) is 18.2 Å². The lowest BCUT2D eigenvalue weighted by Gasteiger charge is -2.39. The number of fused-ring (bicyclic) bond motifs is 2. The summed E-state index contributed by atoms with van der Waals surface area (Å²) in [7, 11) is 0. The molecule has 0 spiro atoms. The minimum Gasteiger partial charge on any atom is -0.486 e. The number of rotatable bonds is 3. The summed E-state index contributed by atoms with van der Waals surface area (Å²) in [4.78, 5) is 19.7. The zero-order valence-electron chi connectivity index (χ0n) is 16.2. The SMILES string of the molecule is Cc1cc2cc3c(cc2nc1SCC(=O)N1C(C)CCCC1C)OCCO3. The number of benzene rings is 1. The van der Waals surface area contributed by atoms with Crippen LogP contribution in [0.5, 0.6) is 11.5 Å². The Kier molecular flexibility index (Phi) is 5.17. The van der Waals surface area contributed by atoms with Gasteiger partial charge < -0.3 is 14.4 Å². The first kappa shape index (κ1) is 18.4. The van der Waals surface area contributed by atoms with Gasteiger partial charge in [-0.15, -0.1) is 0 Å². The standard InChI is InChI=1S/C21H26N2O3S/c1-13-9-16-10-18-19(26-8-7-25-18)11-17(16)22-21(13)27-12-20(24)23-14(2)5-4-6-15(23)3/h9-11,14-15H,4-8,12H2,1-3H3. The molecule has 27 heavy (non-hydrogen) atoms. The van der Waals surface area contributed by atoms with E-state index in [0.717, 1.165) is 45.8 Å². The van der Waals surface area contributed by atoms with Crippen LogP contribution in [-0.4, -0.2) is 46.8 Å². The van der Waals surface area contributed by atoms with Crippen LogP contribution in [0.4, 0.5) is 0 Å². The Labute approximate surface area is 164 Å². The van der Waals surface area contributed by atoms with E-state index in [1.54, 1.807) is 0 Å². The first-order chi connectivity index (χ1) is 13.0. The van der Waals surface area contributed by atoms with Gasteiger partial charge in [-0.1, -0.05) is 11.8 Å². The van der Waals surface area contributed by atoms with Crippen LogP contribution in [0.1, 0.15) is 38.7 Å². The number of likely N-dealkylation sites (tertiary alicyclic amines) is 1. The van der Waals surface area contributed by atoms with E-state index in [2.05, 4.69) is 24.8 Å². The number of hydrogen-bond donors (Lipinski definition) is 0. The Balaban J connectivity index is 1.53. The van der Waals surface area contributed by atoms with E-state index >= 15 is 0 Å². The maximum atomic E-state index is 12.8. The molecule has 0 bridgehead atoms. The maximum absolute atomic E-state index is 12.8. The lowest BCUT2D eigenvalue weighted by molar-refractivity contribution is -0.134. The lowest BCUT2D eigenvalue weighted by Crippen LogP contribution is -2.48. The highest BCUT2D eigenvalue weighted by atomic mass is 32.2. The number of thioether (sulfide) groups is 1. The highest BCUT2D eigenvalue weighted by molar-refractivity contribution is 7.99. The van der Waals surface area contributed by atoms with Crippen molar-refractivity contribution in [2.45, 2.75) is 57.1 Å². The number of amides is 1. The number of pyridine rings is 1. The molecule has 2 atom stereocenters. The number of carbonyl (C=O) groups is 1. The third kappa shape index (κ3) is 3.72. The summed E-state index contributed by atoms with van der Waals surface area (Å²) in [5.41, 5.74) is 1.95. The van der Waals surface area contributed by atoms with Crippen LogP contribution >= 0.6 is 11.8 Å². The van der Waals surface area contributed by atoms with Gasteiger partial charge >= 0.3 is 0 Å². The van der Waals surface area contributed by atoms with Crippen LogP contribution in [0, 0.1) is 6.92 Å². The number of carbonyl (C=O) groups excluding carboxylic acids is 1. The van der Waals surface area contributed by atoms with Crippen molar-refractivity contribution in [2.75, 3.05) is 19.0 Å². The Morgan fingerprint density at radius 2 is 1.81 bits per heavy atom. The Morgan fingerprint density at radius 3 is 2.52 bits per heavy atom. The van der Waals surface area contributed by atoms with Crippen LogP contribution in [0.2, 0.25) is 0 Å². The van der Waals surface area contributed by atoms with E-state index in [0.29, 0.717) is 31.1 Å². The summed E-state index contributed by atoms with van der Waals surface area (Å²) in [5, 5.41) is 1.94. The number of nitrogens with zero attached hydrogens (tertiary/aromatic N) is 2. The predicted molar refractivity (Wildman–Crippen MR) is 108 cm³/mol. The van der Waals surface area contributed by atoms with Crippen LogP contribution in [0.15, 0.2) is 23.2 Å². The quantitative estimate of drug-likeness (QED) is 0.740. The molecule has 1 aromatic heterocycles. The topological polar surface area (TPSA) is 51.7 Å². The summed E-state index contributed by atoms with van der Waals surface area (Å²) in [5.74, 6) is 2.16. The average molecular weight is 387 g/mol. The van der Waals surface area contributed by atoms with Gasteiger partial charge in [-0.3, -0.25) is 4.79 Å². The van der Waals surface area contributed by atoms with Crippen molar-refractivity contribution in [3.05, 3.63) is 23.8 Å². The molecule has 2 aliphatic rings. The van der Waals surface area contributed by atoms with Crippen molar-refractivity contribution in [3.63, 3.8) is 0 Å². The molecule has 1 saturated heterocycles. The highest BCUT2D eigenvalue weighted by Crippen LogP contribution is 2.36. The summed E-state index contributed by atoms with van der Waals surface area (Å²) < 4.78 is 11.3. The zero-order chi connectivity index (χ0) is 19.0. The molecule has 6 heteroatoms. The fourth-order valence-corrected chi connectivity index (χ4v) is 4.92. The minimum absolute atomic E-state index is 0.211. The second kappa shape index (κ2) is 7.58.